The van der Waals surface area contributed by atoms with E-state index in [9.17, 15) is 0 Å². The molecule has 3 atom stereocenters. The van der Waals surface area contributed by atoms with Crippen molar-refractivity contribution in [2.45, 2.75) is 104 Å². The molecular formula is C30H44. The number of hydrogen-bond acceptors (Lipinski definition) is 0. The van der Waals surface area contributed by atoms with Crippen LogP contribution in [0.15, 0.2) is 53.8 Å². The monoisotopic (exact) mass is 404 g/mol. The number of rotatable bonds is 6. The summed E-state index contributed by atoms with van der Waals surface area (Å²) in [7, 11) is 0. The second kappa shape index (κ2) is 10.7. The molecule has 3 unspecified atom stereocenters. The van der Waals surface area contributed by atoms with Gasteiger partial charge >= 0.3 is 0 Å². The molecule has 0 amide bonds. The average Bonchev–Trinajstić information content (AvgIpc) is 2.97. The van der Waals surface area contributed by atoms with Gasteiger partial charge in [0.2, 0.25) is 0 Å². The Balaban J connectivity index is 1.46. The Morgan fingerprint density at radius 2 is 1.80 bits per heavy atom. The topological polar surface area (TPSA) is 0 Å². The van der Waals surface area contributed by atoms with Crippen LogP contribution in [-0.2, 0) is 0 Å². The van der Waals surface area contributed by atoms with Gasteiger partial charge in [-0.3, -0.25) is 0 Å². The first-order valence-corrected chi connectivity index (χ1v) is 12.5. The van der Waals surface area contributed by atoms with Crippen LogP contribution in [0.4, 0.5) is 0 Å². The fourth-order valence-electron chi connectivity index (χ4n) is 6.25. The Morgan fingerprint density at radius 1 is 1.03 bits per heavy atom. The molecule has 2 aliphatic carbocycles. The molecule has 2 aliphatic rings. The molecule has 2 fully saturated rings. The molecule has 0 bridgehead atoms. The van der Waals surface area contributed by atoms with E-state index < -0.39 is 0 Å². The molecule has 2 saturated carbocycles. The third-order valence-corrected chi connectivity index (χ3v) is 7.89. The summed E-state index contributed by atoms with van der Waals surface area (Å²) in [6.07, 6.45) is 17.3. The van der Waals surface area contributed by atoms with Crippen molar-refractivity contribution in [1.29, 1.82) is 0 Å². The maximum Gasteiger partial charge on any atom is 0.00830 e. The summed E-state index contributed by atoms with van der Waals surface area (Å²) < 4.78 is 0. The van der Waals surface area contributed by atoms with Gasteiger partial charge in [0, 0.05) is 5.92 Å². The predicted octanol–water partition coefficient (Wildman–Crippen LogP) is 9.31. The van der Waals surface area contributed by atoms with Crippen LogP contribution in [0.5, 0.6) is 0 Å². The minimum absolute atomic E-state index is 0.367. The molecule has 0 N–H and O–H groups in total. The van der Waals surface area contributed by atoms with Gasteiger partial charge in [-0.1, -0.05) is 88.4 Å². The largest absolute Gasteiger partial charge is 0.129 e. The zero-order valence-electron chi connectivity index (χ0n) is 20.1. The smallest absolute Gasteiger partial charge is 0.00830 e. The third-order valence-electron chi connectivity index (χ3n) is 7.89. The van der Waals surface area contributed by atoms with Crippen molar-refractivity contribution in [3.8, 4) is 0 Å². The minimum atomic E-state index is 0.367. The van der Waals surface area contributed by atoms with E-state index in [0.29, 0.717) is 11.3 Å². The molecule has 1 aromatic carbocycles. The van der Waals surface area contributed by atoms with Crippen molar-refractivity contribution in [3.63, 3.8) is 0 Å². The standard InChI is InChI=1S/C30H44/c1-6-25-21-30(4,5)22-26(7-2)29(25)18-11-9-14-24-15-12-16-27(20-19-24)28-17-10-8-13-23(28)3/h7-8,10,13,17,24,27,29H,1,9,11-12,14-16,18-22H2,2-5H3/b26-7+. The van der Waals surface area contributed by atoms with Gasteiger partial charge < -0.3 is 0 Å². The molecule has 0 aromatic heterocycles. The maximum absolute atomic E-state index is 4.03. The van der Waals surface area contributed by atoms with Crippen LogP contribution in [0.1, 0.15) is 108 Å². The minimum Gasteiger partial charge on any atom is -0.129 e. The van der Waals surface area contributed by atoms with Gasteiger partial charge in [0.15, 0.2) is 0 Å². The predicted molar refractivity (Wildman–Crippen MR) is 132 cm³/mol. The fraction of sp³-hybridized carbons (Fsp3) is 0.633. The van der Waals surface area contributed by atoms with Gasteiger partial charge in [-0.25, -0.2) is 0 Å². The highest BCUT2D eigenvalue weighted by molar-refractivity contribution is 5.29. The Hall–Kier alpha value is -1.52. The molecule has 0 saturated heterocycles. The Morgan fingerprint density at radius 3 is 2.53 bits per heavy atom. The lowest BCUT2D eigenvalue weighted by Crippen LogP contribution is -2.25. The third kappa shape index (κ3) is 6.01. The molecule has 164 valence electrons. The molecule has 30 heavy (non-hydrogen) atoms. The lowest BCUT2D eigenvalue weighted by atomic mass is 9.66. The van der Waals surface area contributed by atoms with Crippen LogP contribution >= 0.6 is 0 Å². The van der Waals surface area contributed by atoms with Crippen LogP contribution < -0.4 is 0 Å². The summed E-state index contributed by atoms with van der Waals surface area (Å²) in [5.41, 5.74) is 9.89. The van der Waals surface area contributed by atoms with Crippen molar-refractivity contribution in [2.24, 2.45) is 17.3 Å². The SMILES string of the molecule is C=C=C1CC(C)(C)C/C(=C\C)C1CCCCC1CCCC(c2ccccc2C)CC1. The van der Waals surface area contributed by atoms with E-state index in [1.165, 1.54) is 81.8 Å². The van der Waals surface area contributed by atoms with Crippen LogP contribution in [-0.4, -0.2) is 0 Å². The van der Waals surface area contributed by atoms with Gasteiger partial charge in [-0.15, -0.1) is 5.73 Å². The van der Waals surface area contributed by atoms with Gasteiger partial charge in [0.1, 0.15) is 0 Å². The number of aryl methyl sites for hydroxylation is 1. The second-order valence-corrected chi connectivity index (χ2v) is 10.8. The first-order chi connectivity index (χ1) is 14.4. The van der Waals surface area contributed by atoms with E-state index in [0.717, 1.165) is 11.8 Å². The quantitative estimate of drug-likeness (QED) is 0.192. The maximum atomic E-state index is 4.03. The summed E-state index contributed by atoms with van der Waals surface area (Å²) in [6, 6.07) is 9.06. The van der Waals surface area contributed by atoms with Crippen molar-refractivity contribution in [1.82, 2.24) is 0 Å². The zero-order chi connectivity index (χ0) is 21.6. The lowest BCUT2D eigenvalue weighted by molar-refractivity contribution is 0.295. The summed E-state index contributed by atoms with van der Waals surface area (Å²) in [6.45, 7) is 13.3. The lowest BCUT2D eigenvalue weighted by Gasteiger charge is -2.38. The van der Waals surface area contributed by atoms with Crippen molar-refractivity contribution >= 4 is 0 Å². The van der Waals surface area contributed by atoms with Gasteiger partial charge in [-0.2, -0.15) is 0 Å². The molecule has 0 radical (unpaired) electrons. The highest BCUT2D eigenvalue weighted by Crippen LogP contribution is 2.46. The Bertz CT molecular complexity index is 771. The first-order valence-electron chi connectivity index (χ1n) is 12.5. The molecule has 0 heterocycles. The van der Waals surface area contributed by atoms with E-state index in [1.807, 2.05) is 0 Å². The second-order valence-electron chi connectivity index (χ2n) is 10.8. The number of allylic oxidation sites excluding steroid dienone is 3. The van der Waals surface area contributed by atoms with Crippen molar-refractivity contribution < 1.29 is 0 Å². The molecule has 3 rings (SSSR count). The Kier molecular flexibility index (Phi) is 8.24. The van der Waals surface area contributed by atoms with Gasteiger partial charge in [0.05, 0.1) is 0 Å². The first kappa shape index (κ1) is 23.1. The van der Waals surface area contributed by atoms with E-state index in [2.05, 4.69) is 70.3 Å². The van der Waals surface area contributed by atoms with Crippen molar-refractivity contribution in [2.75, 3.05) is 0 Å². The van der Waals surface area contributed by atoms with E-state index in [-0.39, 0.29) is 0 Å². The highest BCUT2D eigenvalue weighted by atomic mass is 14.4. The molecule has 0 heteroatoms. The van der Waals surface area contributed by atoms with Crippen LogP contribution in [0.25, 0.3) is 0 Å². The van der Waals surface area contributed by atoms with Crippen LogP contribution in [0.3, 0.4) is 0 Å². The molecule has 0 nitrogen and oxygen atoms in total. The number of hydrogen-bond donors (Lipinski definition) is 0. The zero-order valence-corrected chi connectivity index (χ0v) is 20.1. The molecule has 1 aromatic rings. The number of unbranched alkanes of at least 4 members (excludes halogenated alkanes) is 1. The van der Waals surface area contributed by atoms with Crippen molar-refractivity contribution in [3.05, 3.63) is 64.9 Å². The van der Waals surface area contributed by atoms with Crippen LogP contribution in [0.2, 0.25) is 0 Å². The highest BCUT2D eigenvalue weighted by Gasteiger charge is 2.33. The Labute approximate surface area is 186 Å². The van der Waals surface area contributed by atoms with E-state index in [1.54, 1.807) is 11.1 Å². The molecular weight excluding hydrogens is 360 g/mol. The molecule has 0 aliphatic heterocycles. The fourth-order valence-corrected chi connectivity index (χ4v) is 6.25. The summed E-state index contributed by atoms with van der Waals surface area (Å²) in [5.74, 6) is 2.35. The summed E-state index contributed by atoms with van der Waals surface area (Å²) in [4.78, 5) is 0. The average molecular weight is 405 g/mol. The molecule has 0 spiro atoms. The number of benzene rings is 1. The van der Waals surface area contributed by atoms with Gasteiger partial charge in [-0.05, 0) is 86.3 Å². The van der Waals surface area contributed by atoms with Crippen LogP contribution in [0, 0.1) is 24.2 Å². The van der Waals surface area contributed by atoms with Gasteiger partial charge in [0.25, 0.3) is 0 Å². The normalized spacial score (nSPS) is 28.2. The van der Waals surface area contributed by atoms with E-state index in [4.69, 9.17) is 0 Å². The summed E-state index contributed by atoms with van der Waals surface area (Å²) >= 11 is 0. The summed E-state index contributed by atoms with van der Waals surface area (Å²) in [5, 5.41) is 0. The van der Waals surface area contributed by atoms with E-state index >= 15 is 0 Å².